The minimum atomic E-state index is -1.20. The topological polar surface area (TPSA) is 159 Å². The molecule has 53 heavy (non-hydrogen) atoms. The van der Waals surface area contributed by atoms with Gasteiger partial charge in [-0.25, -0.2) is 4.79 Å². The van der Waals surface area contributed by atoms with Crippen molar-refractivity contribution in [3.05, 3.63) is 88.5 Å². The second-order valence-corrected chi connectivity index (χ2v) is 15.4. The molecule has 280 valence electrons. The molecule has 6 rings (SSSR count). The van der Waals surface area contributed by atoms with Crippen LogP contribution < -0.4 is 15.5 Å². The molecule has 2 amide bonds. The lowest BCUT2D eigenvalue weighted by molar-refractivity contribution is -0.182. The predicted octanol–water partition coefficient (Wildman–Crippen LogP) is 4.84. The molecule has 0 aromatic heterocycles. The number of amides is 2. The largest absolute Gasteiger partial charge is 0.480 e. The number of carbonyl (C=O) groups is 6. The van der Waals surface area contributed by atoms with Crippen molar-refractivity contribution in [1.29, 1.82) is 0 Å². The molecule has 11 heteroatoms. The van der Waals surface area contributed by atoms with Gasteiger partial charge >= 0.3 is 11.9 Å². The zero-order valence-corrected chi connectivity index (χ0v) is 30.9. The number of ketones is 2. The standard InChI is InChI=1S/C42H49N3O8/c1-25(46)42(53-26(2)47)19-18-35-33-16-12-29-21-31(48)15-17-32(29)39(33)34(22-41(35,42)3)28-10-13-30(14-11-28)45(4)24-38(50)43-23-37(49)44-36(40(51)52)20-27-8-6-5-7-9-27/h5-11,13-14,21,33-36H,12,15-20,22-24H2,1-4H3,(H,43,50)(H,44,49)(H,51,52)/t33-,34+,35-,36-,41-,42-/m0/s1. The lowest BCUT2D eigenvalue weighted by Gasteiger charge is -2.55. The van der Waals surface area contributed by atoms with Crippen molar-refractivity contribution in [3.63, 3.8) is 0 Å². The third kappa shape index (κ3) is 7.43. The lowest BCUT2D eigenvalue weighted by Crippen LogP contribution is -2.57. The number of fused-ring (bicyclic) bond motifs is 4. The number of nitrogens with one attached hydrogen (secondary N) is 2. The molecular formula is C42H49N3O8. The van der Waals surface area contributed by atoms with Gasteiger partial charge in [0.15, 0.2) is 17.2 Å². The number of allylic oxidation sites excluding steroid dienone is 4. The molecule has 0 radical (unpaired) electrons. The monoisotopic (exact) mass is 723 g/mol. The SMILES string of the molecule is CC(=O)O[C@]1(C(C)=O)CC[C@H]2[C@@H]3CCC4=CC(=O)CCC4=C3[C@@H](c3ccc(N(C)CC(=O)NCC(=O)N[C@@H](Cc4ccccc4)C(=O)O)cc3)C[C@@]21C. The van der Waals surface area contributed by atoms with Gasteiger partial charge in [0, 0.05) is 43.8 Å². The van der Waals surface area contributed by atoms with Crippen LogP contribution in [0.3, 0.4) is 0 Å². The van der Waals surface area contributed by atoms with Crippen LogP contribution in [-0.4, -0.2) is 72.2 Å². The Balaban J connectivity index is 1.18. The first kappa shape index (κ1) is 37.7. The summed E-state index contributed by atoms with van der Waals surface area (Å²) < 4.78 is 6.04. The van der Waals surface area contributed by atoms with E-state index in [1.165, 1.54) is 18.1 Å². The fourth-order valence-corrected chi connectivity index (χ4v) is 9.81. The molecule has 2 fully saturated rings. The van der Waals surface area contributed by atoms with E-state index in [0.717, 1.165) is 41.6 Å². The van der Waals surface area contributed by atoms with Gasteiger partial charge in [0.1, 0.15) is 6.04 Å². The summed E-state index contributed by atoms with van der Waals surface area (Å²) in [6.45, 7) is 4.65. The molecule has 2 saturated carbocycles. The predicted molar refractivity (Wildman–Crippen MR) is 198 cm³/mol. The van der Waals surface area contributed by atoms with E-state index >= 15 is 0 Å². The summed E-state index contributed by atoms with van der Waals surface area (Å²) in [5.41, 5.74) is 4.59. The Morgan fingerprint density at radius 1 is 0.962 bits per heavy atom. The molecule has 4 aliphatic carbocycles. The maximum atomic E-state index is 13.4. The molecule has 3 N–H and O–H groups in total. The normalized spacial score (nSPS) is 26.6. The Labute approximate surface area is 310 Å². The van der Waals surface area contributed by atoms with Crippen LogP contribution in [0.5, 0.6) is 0 Å². The zero-order chi connectivity index (χ0) is 38.1. The summed E-state index contributed by atoms with van der Waals surface area (Å²) in [6.07, 6.45) is 6.73. The maximum Gasteiger partial charge on any atom is 0.326 e. The third-order valence-corrected chi connectivity index (χ3v) is 12.2. The second kappa shape index (κ2) is 15.1. The molecule has 0 spiro atoms. The highest BCUT2D eigenvalue weighted by Gasteiger charge is 2.67. The molecular weight excluding hydrogens is 674 g/mol. The zero-order valence-electron chi connectivity index (χ0n) is 30.9. The van der Waals surface area contributed by atoms with Crippen molar-refractivity contribution < 1.29 is 38.6 Å². The highest BCUT2D eigenvalue weighted by molar-refractivity contribution is 5.93. The number of esters is 1. The summed E-state index contributed by atoms with van der Waals surface area (Å²) in [5.74, 6) is -2.26. The molecule has 2 aromatic carbocycles. The highest BCUT2D eigenvalue weighted by atomic mass is 16.6. The number of carboxylic acids is 1. The van der Waals surface area contributed by atoms with Crippen molar-refractivity contribution in [3.8, 4) is 0 Å². The maximum absolute atomic E-state index is 13.4. The molecule has 6 atom stereocenters. The number of hydrogen-bond acceptors (Lipinski definition) is 8. The number of anilines is 1. The van der Waals surface area contributed by atoms with Gasteiger partial charge in [-0.15, -0.1) is 0 Å². The quantitative estimate of drug-likeness (QED) is 0.261. The van der Waals surface area contributed by atoms with Gasteiger partial charge < -0.3 is 25.4 Å². The number of ether oxygens (including phenoxy) is 1. The van der Waals surface area contributed by atoms with Crippen molar-refractivity contribution in [2.75, 3.05) is 25.0 Å². The van der Waals surface area contributed by atoms with Crippen LogP contribution in [-0.2, 0) is 39.9 Å². The molecule has 0 aliphatic heterocycles. The van der Waals surface area contributed by atoms with E-state index < -0.39 is 40.8 Å². The summed E-state index contributed by atoms with van der Waals surface area (Å²) >= 11 is 0. The number of hydrogen-bond donors (Lipinski definition) is 3. The summed E-state index contributed by atoms with van der Waals surface area (Å²) in [7, 11) is 1.78. The van der Waals surface area contributed by atoms with Crippen LogP contribution >= 0.6 is 0 Å². The number of Topliss-reactive ketones (excluding diaryl/α,β-unsaturated/α-hetero) is 1. The molecule has 2 aromatic rings. The van der Waals surface area contributed by atoms with Crippen LogP contribution in [0, 0.1) is 17.3 Å². The van der Waals surface area contributed by atoms with Gasteiger partial charge in [-0.2, -0.15) is 0 Å². The van der Waals surface area contributed by atoms with E-state index in [0.29, 0.717) is 25.7 Å². The van der Waals surface area contributed by atoms with E-state index in [1.54, 1.807) is 43.1 Å². The van der Waals surface area contributed by atoms with Crippen molar-refractivity contribution >= 4 is 41.0 Å². The van der Waals surface area contributed by atoms with E-state index in [2.05, 4.69) is 29.7 Å². The number of benzene rings is 2. The first-order valence-corrected chi connectivity index (χ1v) is 18.5. The van der Waals surface area contributed by atoms with Crippen molar-refractivity contribution in [2.24, 2.45) is 17.3 Å². The number of carbonyl (C=O) groups excluding carboxylic acids is 5. The number of nitrogens with zero attached hydrogens (tertiary/aromatic N) is 1. The number of aliphatic carboxylic acids is 1. The first-order valence-electron chi connectivity index (χ1n) is 18.5. The number of carboxylic acid groups (broad SMARTS) is 1. The van der Waals surface area contributed by atoms with E-state index in [1.807, 2.05) is 24.3 Å². The van der Waals surface area contributed by atoms with Crippen LogP contribution in [0.1, 0.15) is 82.8 Å². The van der Waals surface area contributed by atoms with Gasteiger partial charge in [-0.1, -0.05) is 55.0 Å². The van der Waals surface area contributed by atoms with E-state index in [-0.39, 0.29) is 48.8 Å². The molecule has 0 bridgehead atoms. The molecule has 4 aliphatic rings. The Bertz CT molecular complexity index is 1870. The second-order valence-electron chi connectivity index (χ2n) is 15.4. The smallest absolute Gasteiger partial charge is 0.326 e. The summed E-state index contributed by atoms with van der Waals surface area (Å²) in [6, 6.07) is 15.9. The van der Waals surface area contributed by atoms with Crippen molar-refractivity contribution in [2.45, 2.75) is 89.7 Å². The molecule has 11 nitrogen and oxygen atoms in total. The molecule has 0 unspecified atom stereocenters. The minimum absolute atomic E-state index is 0.0365. The van der Waals surface area contributed by atoms with Crippen LogP contribution in [0.2, 0.25) is 0 Å². The fourth-order valence-electron chi connectivity index (χ4n) is 9.81. The van der Waals surface area contributed by atoms with Gasteiger partial charge in [0.2, 0.25) is 11.8 Å². The average Bonchev–Trinajstić information content (AvgIpc) is 3.42. The van der Waals surface area contributed by atoms with Gasteiger partial charge in [-0.05, 0) is 97.8 Å². The minimum Gasteiger partial charge on any atom is -0.480 e. The van der Waals surface area contributed by atoms with Crippen LogP contribution in [0.15, 0.2) is 77.4 Å². The third-order valence-electron chi connectivity index (χ3n) is 12.2. The molecule has 0 heterocycles. The van der Waals surface area contributed by atoms with Crippen LogP contribution in [0.4, 0.5) is 5.69 Å². The first-order chi connectivity index (χ1) is 25.2. The van der Waals surface area contributed by atoms with Crippen molar-refractivity contribution in [1.82, 2.24) is 10.6 Å². The van der Waals surface area contributed by atoms with Gasteiger partial charge in [-0.3, -0.25) is 24.0 Å². The average molecular weight is 724 g/mol. The summed E-state index contributed by atoms with van der Waals surface area (Å²) in [4.78, 5) is 77.3. The summed E-state index contributed by atoms with van der Waals surface area (Å²) in [5, 5.41) is 14.7. The van der Waals surface area contributed by atoms with Gasteiger partial charge in [0.05, 0.1) is 13.1 Å². The Kier molecular flexibility index (Phi) is 10.8. The number of likely N-dealkylation sites (N-methyl/N-ethyl adjacent to an activating group) is 1. The lowest BCUT2D eigenvalue weighted by atomic mass is 9.50. The van der Waals surface area contributed by atoms with Gasteiger partial charge in [0.25, 0.3) is 0 Å². The van der Waals surface area contributed by atoms with E-state index in [9.17, 15) is 33.9 Å². The highest BCUT2D eigenvalue weighted by Crippen LogP contribution is 2.67. The van der Waals surface area contributed by atoms with Crippen LogP contribution in [0.25, 0.3) is 0 Å². The Morgan fingerprint density at radius 2 is 1.68 bits per heavy atom. The number of rotatable bonds is 12. The Morgan fingerprint density at radius 3 is 2.34 bits per heavy atom. The van der Waals surface area contributed by atoms with E-state index in [4.69, 9.17) is 4.74 Å². The fraction of sp³-hybridized carbons (Fsp3) is 0.476. The Hall–Kier alpha value is -5.06. The molecule has 0 saturated heterocycles.